The summed E-state index contributed by atoms with van der Waals surface area (Å²) in [4.78, 5) is 26.6. The maximum Gasteiger partial charge on any atom is 0.414 e. The summed E-state index contributed by atoms with van der Waals surface area (Å²) in [6.07, 6.45) is 0.844. The number of carbonyl (C=O) groups is 2. The molecule has 2 aromatic rings. The molecular formula is C21H26FN5O3. The molecule has 160 valence electrons. The zero-order valence-electron chi connectivity index (χ0n) is 17.6. The Kier molecular flexibility index (Phi) is 4.91. The highest BCUT2D eigenvalue weighted by molar-refractivity contribution is 5.90. The Labute approximate surface area is 174 Å². The number of halogens is 1. The maximum atomic E-state index is 15.0. The molecule has 0 bridgehead atoms. The van der Waals surface area contributed by atoms with Crippen molar-refractivity contribution in [3.05, 3.63) is 41.5 Å². The molecule has 1 aromatic heterocycles. The summed E-state index contributed by atoms with van der Waals surface area (Å²) in [7, 11) is 0. The lowest BCUT2D eigenvalue weighted by atomic mass is 10.1. The molecule has 2 amide bonds. The van der Waals surface area contributed by atoms with Crippen molar-refractivity contribution in [1.29, 1.82) is 0 Å². The van der Waals surface area contributed by atoms with Crippen molar-refractivity contribution in [2.75, 3.05) is 22.9 Å². The van der Waals surface area contributed by atoms with Crippen molar-refractivity contribution in [1.82, 2.24) is 15.1 Å². The Balaban J connectivity index is 1.49. The number of benzene rings is 1. The molecule has 0 spiro atoms. The topological polar surface area (TPSA) is 79.7 Å². The van der Waals surface area contributed by atoms with Crippen LogP contribution in [-0.4, -0.2) is 41.0 Å². The molecule has 2 aliphatic heterocycles. The fraction of sp³-hybridized carbons (Fsp3) is 0.476. The van der Waals surface area contributed by atoms with Crippen LogP contribution >= 0.6 is 0 Å². The summed E-state index contributed by atoms with van der Waals surface area (Å²) >= 11 is 0. The van der Waals surface area contributed by atoms with Gasteiger partial charge in [-0.3, -0.25) is 14.4 Å². The third-order valence-electron chi connectivity index (χ3n) is 5.33. The van der Waals surface area contributed by atoms with E-state index in [0.29, 0.717) is 24.5 Å². The third kappa shape index (κ3) is 3.71. The van der Waals surface area contributed by atoms with Crippen LogP contribution < -0.4 is 15.1 Å². The van der Waals surface area contributed by atoms with Crippen LogP contribution in [0.3, 0.4) is 0 Å². The fourth-order valence-corrected chi connectivity index (χ4v) is 3.92. The van der Waals surface area contributed by atoms with Gasteiger partial charge in [-0.05, 0) is 39.0 Å². The molecule has 0 aliphatic carbocycles. The van der Waals surface area contributed by atoms with Gasteiger partial charge in [-0.25, -0.2) is 9.18 Å². The van der Waals surface area contributed by atoms with Gasteiger partial charge in [0.05, 0.1) is 48.4 Å². The number of hydrogen-bond acceptors (Lipinski definition) is 5. The van der Waals surface area contributed by atoms with Crippen molar-refractivity contribution in [3.8, 4) is 0 Å². The second kappa shape index (κ2) is 7.30. The molecule has 1 fully saturated rings. The zero-order valence-corrected chi connectivity index (χ0v) is 17.6. The minimum atomic E-state index is -0.545. The van der Waals surface area contributed by atoms with Gasteiger partial charge in [-0.2, -0.15) is 5.10 Å². The minimum Gasteiger partial charge on any atom is -0.442 e. The number of aromatic nitrogens is 2. The number of fused-ring (bicyclic) bond motifs is 1. The smallest absolute Gasteiger partial charge is 0.414 e. The van der Waals surface area contributed by atoms with E-state index in [0.717, 1.165) is 11.3 Å². The predicted molar refractivity (Wildman–Crippen MR) is 110 cm³/mol. The van der Waals surface area contributed by atoms with E-state index >= 15 is 0 Å². The predicted octanol–water partition coefficient (Wildman–Crippen LogP) is 2.76. The van der Waals surface area contributed by atoms with Gasteiger partial charge in [-0.1, -0.05) is 0 Å². The van der Waals surface area contributed by atoms with Crippen molar-refractivity contribution >= 4 is 23.4 Å². The molecule has 9 heteroatoms. The Morgan fingerprint density at radius 2 is 2.10 bits per heavy atom. The molecule has 0 unspecified atom stereocenters. The lowest BCUT2D eigenvalue weighted by Crippen LogP contribution is -2.33. The van der Waals surface area contributed by atoms with Crippen LogP contribution in [0.2, 0.25) is 0 Å². The zero-order chi connectivity index (χ0) is 21.6. The summed E-state index contributed by atoms with van der Waals surface area (Å²) in [5.41, 5.74) is 2.96. The van der Waals surface area contributed by atoms with E-state index in [-0.39, 0.29) is 24.5 Å². The second-order valence-electron chi connectivity index (χ2n) is 8.74. The van der Waals surface area contributed by atoms with E-state index in [9.17, 15) is 14.0 Å². The molecule has 1 N–H and O–H groups in total. The molecule has 2 aliphatic rings. The van der Waals surface area contributed by atoms with Crippen LogP contribution in [-0.2, 0) is 28.2 Å². The highest BCUT2D eigenvalue weighted by Gasteiger charge is 2.34. The third-order valence-corrected chi connectivity index (χ3v) is 5.33. The quantitative estimate of drug-likeness (QED) is 0.831. The van der Waals surface area contributed by atoms with E-state index in [1.54, 1.807) is 12.1 Å². The number of ether oxygens (including phenoxy) is 1. The molecule has 1 aromatic carbocycles. The van der Waals surface area contributed by atoms with Crippen LogP contribution in [0.25, 0.3) is 0 Å². The highest BCUT2D eigenvalue weighted by atomic mass is 19.1. The second-order valence-corrected chi connectivity index (χ2v) is 8.74. The summed E-state index contributed by atoms with van der Waals surface area (Å²) in [6, 6.07) is 4.77. The highest BCUT2D eigenvalue weighted by Crippen LogP contribution is 2.34. The SMILES string of the molecule is CC(=O)NC[C@H]1CN(c2ccc(N3Cc4cnn(C(C)(C)C)c4C3)c(F)c2)C(=O)O1. The molecule has 3 heterocycles. The molecule has 8 nitrogen and oxygen atoms in total. The number of anilines is 2. The first-order chi connectivity index (χ1) is 14.1. The van der Waals surface area contributed by atoms with E-state index in [1.165, 1.54) is 17.9 Å². The van der Waals surface area contributed by atoms with Crippen LogP contribution in [0, 0.1) is 5.82 Å². The fourth-order valence-electron chi connectivity index (χ4n) is 3.92. The van der Waals surface area contributed by atoms with Crippen molar-refractivity contribution < 1.29 is 18.7 Å². The first-order valence-corrected chi connectivity index (χ1v) is 9.97. The molecule has 4 rings (SSSR count). The van der Waals surface area contributed by atoms with Gasteiger partial charge in [0.15, 0.2) is 0 Å². The van der Waals surface area contributed by atoms with E-state index in [1.807, 2.05) is 15.8 Å². The Morgan fingerprint density at radius 1 is 1.33 bits per heavy atom. The Hall–Kier alpha value is -3.10. The normalized spacial score (nSPS) is 18.6. The first-order valence-electron chi connectivity index (χ1n) is 9.97. The average Bonchev–Trinajstić information content (AvgIpc) is 3.32. The molecule has 30 heavy (non-hydrogen) atoms. The van der Waals surface area contributed by atoms with Gasteiger partial charge in [0.2, 0.25) is 5.91 Å². The molecule has 0 radical (unpaired) electrons. The lowest BCUT2D eigenvalue weighted by Gasteiger charge is -2.24. The average molecular weight is 415 g/mol. The van der Waals surface area contributed by atoms with Crippen molar-refractivity contribution in [2.45, 2.75) is 52.4 Å². The van der Waals surface area contributed by atoms with Crippen LogP contribution in [0.15, 0.2) is 24.4 Å². The lowest BCUT2D eigenvalue weighted by molar-refractivity contribution is -0.119. The number of carbonyl (C=O) groups excluding carboxylic acids is 2. The van der Waals surface area contributed by atoms with Crippen LogP contribution in [0.1, 0.15) is 39.0 Å². The number of nitrogens with one attached hydrogen (secondary N) is 1. The van der Waals surface area contributed by atoms with Crippen molar-refractivity contribution in [3.63, 3.8) is 0 Å². The Bertz CT molecular complexity index is 997. The summed E-state index contributed by atoms with van der Waals surface area (Å²) < 4.78 is 22.2. The summed E-state index contributed by atoms with van der Waals surface area (Å²) in [5, 5.41) is 7.11. The number of amides is 2. The van der Waals surface area contributed by atoms with Gasteiger partial charge in [-0.15, -0.1) is 0 Å². The minimum absolute atomic E-state index is 0.143. The van der Waals surface area contributed by atoms with Gasteiger partial charge >= 0.3 is 6.09 Å². The van der Waals surface area contributed by atoms with Crippen LogP contribution in [0.4, 0.5) is 20.6 Å². The standard InChI is InChI=1S/C21H26FN5O3/c1-13(28)23-9-16-11-26(20(29)30-16)15-5-6-18(17(22)7-15)25-10-14-8-24-27(19(14)12-25)21(2,3)4/h5-8,16H,9-12H2,1-4H3,(H,23,28)/t16-/m0/s1. The Morgan fingerprint density at radius 3 is 2.77 bits per heavy atom. The largest absolute Gasteiger partial charge is 0.442 e. The van der Waals surface area contributed by atoms with E-state index in [2.05, 4.69) is 31.2 Å². The first kappa shape index (κ1) is 20.2. The van der Waals surface area contributed by atoms with Gasteiger partial charge in [0.1, 0.15) is 11.9 Å². The summed E-state index contributed by atoms with van der Waals surface area (Å²) in [5.74, 6) is -0.591. The van der Waals surface area contributed by atoms with Gasteiger partial charge in [0.25, 0.3) is 0 Å². The van der Waals surface area contributed by atoms with Gasteiger partial charge < -0.3 is 15.0 Å². The summed E-state index contributed by atoms with van der Waals surface area (Å²) in [6.45, 7) is 9.33. The van der Waals surface area contributed by atoms with Gasteiger partial charge in [0, 0.05) is 19.0 Å². The molecule has 1 saturated heterocycles. The monoisotopic (exact) mass is 415 g/mol. The number of rotatable bonds is 4. The molecule has 0 saturated carbocycles. The number of hydrogen-bond donors (Lipinski definition) is 1. The van der Waals surface area contributed by atoms with E-state index in [4.69, 9.17) is 4.74 Å². The molecule has 1 atom stereocenters. The maximum absolute atomic E-state index is 15.0. The van der Waals surface area contributed by atoms with E-state index < -0.39 is 18.0 Å². The molecular weight excluding hydrogens is 389 g/mol. The van der Waals surface area contributed by atoms with Crippen molar-refractivity contribution in [2.24, 2.45) is 0 Å². The number of cyclic esters (lactones) is 1. The van der Waals surface area contributed by atoms with Crippen LogP contribution in [0.5, 0.6) is 0 Å². The number of nitrogens with zero attached hydrogens (tertiary/aromatic N) is 4.